The zero-order valence-corrected chi connectivity index (χ0v) is 21.3. The molecule has 0 atom stereocenters. The van der Waals surface area contributed by atoms with Gasteiger partial charge < -0.3 is 9.68 Å². The maximum absolute atomic E-state index is 12.2. The zero-order valence-electron chi connectivity index (χ0n) is 21.3. The molecule has 0 aromatic heterocycles. The Balaban J connectivity index is 1.43. The SMILES string of the molecule is CCC(=NOC(=O)c1ccccc1)c1ccc(-c2ccc(C(CC)=NOC(=O)c3ccccc3)cc2)cc1. The van der Waals surface area contributed by atoms with E-state index in [4.69, 9.17) is 9.68 Å². The number of nitrogens with zero attached hydrogens (tertiary/aromatic N) is 2. The van der Waals surface area contributed by atoms with Gasteiger partial charge in [0.05, 0.1) is 22.6 Å². The van der Waals surface area contributed by atoms with Gasteiger partial charge in [-0.05, 0) is 59.4 Å². The Morgan fingerprint density at radius 3 is 1.16 bits per heavy atom. The van der Waals surface area contributed by atoms with Crippen LogP contribution < -0.4 is 0 Å². The van der Waals surface area contributed by atoms with Crippen molar-refractivity contribution >= 4 is 23.4 Å². The number of carbonyl (C=O) groups is 2. The summed E-state index contributed by atoms with van der Waals surface area (Å²) in [5, 5.41) is 8.20. The van der Waals surface area contributed by atoms with Crippen LogP contribution in [0.25, 0.3) is 11.1 Å². The van der Waals surface area contributed by atoms with Gasteiger partial charge in [-0.25, -0.2) is 9.59 Å². The van der Waals surface area contributed by atoms with Gasteiger partial charge in [-0.3, -0.25) is 0 Å². The van der Waals surface area contributed by atoms with Gasteiger partial charge in [-0.15, -0.1) is 0 Å². The highest BCUT2D eigenvalue weighted by Gasteiger charge is 2.10. The van der Waals surface area contributed by atoms with Crippen LogP contribution in [0.15, 0.2) is 120 Å². The summed E-state index contributed by atoms with van der Waals surface area (Å²) in [6.45, 7) is 3.93. The molecule has 4 aromatic carbocycles. The molecule has 0 heterocycles. The lowest BCUT2D eigenvalue weighted by atomic mass is 9.99. The second kappa shape index (κ2) is 12.9. The van der Waals surface area contributed by atoms with Crippen molar-refractivity contribution in [3.63, 3.8) is 0 Å². The maximum atomic E-state index is 12.2. The molecule has 4 rings (SSSR count). The number of benzene rings is 4. The molecule has 0 N–H and O–H groups in total. The van der Waals surface area contributed by atoms with E-state index < -0.39 is 11.9 Å². The number of rotatable bonds is 9. The third-order valence-corrected chi connectivity index (χ3v) is 5.94. The Hall–Kier alpha value is -4.84. The predicted octanol–water partition coefficient (Wildman–Crippen LogP) is 7.30. The maximum Gasteiger partial charge on any atom is 0.365 e. The molecular formula is C32H28N2O4. The molecule has 38 heavy (non-hydrogen) atoms. The smallest absolute Gasteiger partial charge is 0.313 e. The average Bonchev–Trinajstić information content (AvgIpc) is 2.99. The Labute approximate surface area is 222 Å². The summed E-state index contributed by atoms with van der Waals surface area (Å²) in [6, 6.07) is 33.4. The van der Waals surface area contributed by atoms with Crippen LogP contribution in [0, 0.1) is 0 Å². The van der Waals surface area contributed by atoms with E-state index in [1.54, 1.807) is 48.5 Å². The van der Waals surface area contributed by atoms with Gasteiger partial charge in [0.25, 0.3) is 0 Å². The van der Waals surface area contributed by atoms with Crippen LogP contribution in [0.5, 0.6) is 0 Å². The Morgan fingerprint density at radius 2 is 0.842 bits per heavy atom. The summed E-state index contributed by atoms with van der Waals surface area (Å²) in [7, 11) is 0. The van der Waals surface area contributed by atoms with E-state index in [0.717, 1.165) is 22.3 Å². The monoisotopic (exact) mass is 504 g/mol. The molecule has 190 valence electrons. The molecule has 0 saturated carbocycles. The average molecular weight is 505 g/mol. The third kappa shape index (κ3) is 6.68. The first-order valence-corrected chi connectivity index (χ1v) is 12.5. The third-order valence-electron chi connectivity index (χ3n) is 5.94. The second-order valence-electron chi connectivity index (χ2n) is 8.43. The number of oxime groups is 2. The molecule has 4 aromatic rings. The molecule has 6 nitrogen and oxygen atoms in total. The van der Waals surface area contributed by atoms with Gasteiger partial charge in [0.2, 0.25) is 0 Å². The molecule has 0 fully saturated rings. The highest BCUT2D eigenvalue weighted by atomic mass is 16.7. The summed E-state index contributed by atoms with van der Waals surface area (Å²) >= 11 is 0. The molecule has 0 spiro atoms. The minimum Gasteiger partial charge on any atom is -0.313 e. The molecule has 0 amide bonds. The van der Waals surface area contributed by atoms with Gasteiger partial charge in [0.1, 0.15) is 0 Å². The standard InChI is InChI=1S/C32H28N2O4/c1-3-29(33-37-31(35)27-11-7-5-8-12-27)25-19-15-23(16-20-25)24-17-21-26(22-18-24)30(4-2)34-38-32(36)28-13-9-6-10-14-28/h5-22H,3-4H2,1-2H3. The van der Waals surface area contributed by atoms with E-state index in [-0.39, 0.29) is 0 Å². The van der Waals surface area contributed by atoms with E-state index in [1.807, 2.05) is 74.5 Å². The van der Waals surface area contributed by atoms with Crippen molar-refractivity contribution in [2.75, 3.05) is 0 Å². The molecule has 0 aliphatic carbocycles. The highest BCUT2D eigenvalue weighted by molar-refractivity contribution is 6.02. The molecule has 0 aliphatic heterocycles. The van der Waals surface area contributed by atoms with Gasteiger partial charge >= 0.3 is 11.9 Å². The fourth-order valence-electron chi connectivity index (χ4n) is 3.80. The van der Waals surface area contributed by atoms with Crippen molar-refractivity contribution < 1.29 is 19.3 Å². The van der Waals surface area contributed by atoms with Crippen molar-refractivity contribution in [1.82, 2.24) is 0 Å². The van der Waals surface area contributed by atoms with E-state index in [1.165, 1.54) is 0 Å². The fraction of sp³-hybridized carbons (Fsp3) is 0.125. The molecule has 0 bridgehead atoms. The quantitative estimate of drug-likeness (QED) is 0.136. The number of hydrogen-bond donors (Lipinski definition) is 0. The van der Waals surface area contributed by atoms with Crippen LogP contribution in [-0.4, -0.2) is 23.4 Å². The fourth-order valence-corrected chi connectivity index (χ4v) is 3.80. The molecule has 6 heteroatoms. The van der Waals surface area contributed by atoms with E-state index >= 15 is 0 Å². The van der Waals surface area contributed by atoms with E-state index in [2.05, 4.69) is 10.3 Å². The summed E-state index contributed by atoms with van der Waals surface area (Å²) < 4.78 is 0. The summed E-state index contributed by atoms with van der Waals surface area (Å²) in [5.41, 5.74) is 6.11. The number of hydrogen-bond acceptors (Lipinski definition) is 6. The lowest BCUT2D eigenvalue weighted by Gasteiger charge is -2.08. The topological polar surface area (TPSA) is 77.3 Å². The summed E-state index contributed by atoms with van der Waals surface area (Å²) in [6.07, 6.45) is 1.23. The molecule has 0 radical (unpaired) electrons. The summed E-state index contributed by atoms with van der Waals surface area (Å²) in [5.74, 6) is -0.976. The lowest BCUT2D eigenvalue weighted by molar-refractivity contribution is 0.0507. The first-order valence-electron chi connectivity index (χ1n) is 12.5. The minimum atomic E-state index is -0.488. The lowest BCUT2D eigenvalue weighted by Crippen LogP contribution is -2.06. The van der Waals surface area contributed by atoms with Crippen LogP contribution in [0.1, 0.15) is 58.5 Å². The van der Waals surface area contributed by atoms with E-state index in [0.29, 0.717) is 35.4 Å². The van der Waals surface area contributed by atoms with Gasteiger partial charge in [0.15, 0.2) is 0 Å². The van der Waals surface area contributed by atoms with Gasteiger partial charge in [0, 0.05) is 0 Å². The van der Waals surface area contributed by atoms with Crippen LogP contribution in [0.3, 0.4) is 0 Å². The molecule has 0 unspecified atom stereocenters. The predicted molar refractivity (Wildman–Crippen MR) is 149 cm³/mol. The van der Waals surface area contributed by atoms with Crippen molar-refractivity contribution in [1.29, 1.82) is 0 Å². The van der Waals surface area contributed by atoms with Crippen molar-refractivity contribution in [3.8, 4) is 11.1 Å². The minimum absolute atomic E-state index is 0.455. The molecule has 0 aliphatic rings. The normalized spacial score (nSPS) is 11.6. The van der Waals surface area contributed by atoms with Crippen molar-refractivity contribution in [2.45, 2.75) is 26.7 Å². The Bertz CT molecular complexity index is 1310. The number of carbonyl (C=O) groups excluding carboxylic acids is 2. The first-order chi connectivity index (χ1) is 18.6. The van der Waals surface area contributed by atoms with Crippen molar-refractivity contribution in [2.24, 2.45) is 10.3 Å². The first kappa shape index (κ1) is 26.2. The van der Waals surface area contributed by atoms with E-state index in [9.17, 15) is 9.59 Å². The Morgan fingerprint density at radius 1 is 0.500 bits per heavy atom. The van der Waals surface area contributed by atoms with Crippen LogP contribution in [0.2, 0.25) is 0 Å². The largest absolute Gasteiger partial charge is 0.365 e. The highest BCUT2D eigenvalue weighted by Crippen LogP contribution is 2.22. The Kier molecular flexibility index (Phi) is 8.92. The van der Waals surface area contributed by atoms with Crippen LogP contribution >= 0.6 is 0 Å². The molecule has 0 saturated heterocycles. The van der Waals surface area contributed by atoms with Gasteiger partial charge in [-0.2, -0.15) is 0 Å². The second-order valence-corrected chi connectivity index (χ2v) is 8.43. The van der Waals surface area contributed by atoms with Crippen LogP contribution in [-0.2, 0) is 9.68 Å². The molecular weight excluding hydrogens is 476 g/mol. The van der Waals surface area contributed by atoms with Crippen LogP contribution in [0.4, 0.5) is 0 Å². The van der Waals surface area contributed by atoms with Crippen molar-refractivity contribution in [3.05, 3.63) is 131 Å². The summed E-state index contributed by atoms with van der Waals surface area (Å²) in [4.78, 5) is 34.7. The zero-order chi connectivity index (χ0) is 26.7. The van der Waals surface area contributed by atoms with Gasteiger partial charge in [-0.1, -0.05) is 109 Å².